The molecule has 5 atom stereocenters. The molecule has 140 valence electrons. The van der Waals surface area contributed by atoms with E-state index in [4.69, 9.17) is 41.9 Å². The van der Waals surface area contributed by atoms with Gasteiger partial charge in [-0.1, -0.05) is 0 Å². The van der Waals surface area contributed by atoms with Crippen molar-refractivity contribution < 1.29 is 28.4 Å². The van der Waals surface area contributed by atoms with Gasteiger partial charge in [0.25, 0.3) is 0 Å². The Morgan fingerprint density at radius 3 is 2.54 bits per heavy atom. The van der Waals surface area contributed by atoms with Crippen molar-refractivity contribution in [2.24, 2.45) is 0 Å². The number of hydrogen-bond acceptors (Lipinski definition) is 6. The Morgan fingerprint density at radius 2 is 1.96 bits per heavy atom. The lowest BCUT2D eigenvalue weighted by Gasteiger charge is -2.38. The first-order valence-electron chi connectivity index (χ1n) is 7.85. The number of rotatable bonds is 6. The maximum Gasteiger partial charge on any atom is 0.346 e. The van der Waals surface area contributed by atoms with Crippen LogP contribution in [0, 0.1) is 0 Å². The predicted molar refractivity (Wildman–Crippen MR) is 88.2 cm³/mol. The summed E-state index contributed by atoms with van der Waals surface area (Å²) in [6.07, 6.45) is -1.64. The summed E-state index contributed by atoms with van der Waals surface area (Å²) >= 11 is 11.6. The molecule has 0 unspecified atom stereocenters. The van der Waals surface area contributed by atoms with E-state index >= 15 is 0 Å². The second kappa shape index (κ2) is 6.93. The van der Waals surface area contributed by atoms with Crippen molar-refractivity contribution in [1.82, 2.24) is 9.76 Å². The van der Waals surface area contributed by atoms with Crippen LogP contribution in [0.5, 0.6) is 0 Å². The van der Waals surface area contributed by atoms with Crippen LogP contribution in [0.25, 0.3) is 0 Å². The van der Waals surface area contributed by atoms with Crippen LogP contribution in [-0.2, 0) is 23.3 Å². The number of ether oxygens (including phenoxy) is 3. The molecule has 8 nitrogen and oxygen atoms in total. The first kappa shape index (κ1) is 19.3. The van der Waals surface area contributed by atoms with E-state index in [1.165, 1.54) is 0 Å². The lowest BCUT2D eigenvalue weighted by Crippen LogP contribution is -2.53. The van der Waals surface area contributed by atoms with Gasteiger partial charge in [-0.15, -0.1) is 23.2 Å². The highest BCUT2D eigenvalue weighted by Crippen LogP contribution is 2.60. The van der Waals surface area contributed by atoms with Gasteiger partial charge in [-0.3, -0.25) is 9.09 Å². The maximum atomic E-state index is 13.3. The number of aliphatic hydroxyl groups excluding tert-OH is 1. The molecule has 0 radical (unpaired) electrons. The first-order chi connectivity index (χ1) is 11.3. The van der Waals surface area contributed by atoms with Crippen molar-refractivity contribution in [2.45, 2.75) is 43.7 Å². The molecule has 24 heavy (non-hydrogen) atoms. The third-order valence-corrected chi connectivity index (χ3v) is 7.04. The lowest BCUT2D eigenvalue weighted by molar-refractivity contribution is -0.300. The molecular weight excluding hydrogens is 382 g/mol. The third-order valence-electron chi connectivity index (χ3n) is 4.38. The smallest absolute Gasteiger partial charge is 0.346 e. The molecular formula is C13H23Cl2N2O6P. The number of alkyl halides is 2. The van der Waals surface area contributed by atoms with Gasteiger partial charge >= 0.3 is 7.67 Å². The number of fused-ring (bicyclic) bond motifs is 3. The summed E-state index contributed by atoms with van der Waals surface area (Å²) in [6.45, 7) is 4.13. The summed E-state index contributed by atoms with van der Waals surface area (Å²) in [4.78, 5) is 0. The highest BCUT2D eigenvalue weighted by atomic mass is 35.5. The van der Waals surface area contributed by atoms with Gasteiger partial charge < -0.3 is 19.3 Å². The van der Waals surface area contributed by atoms with Gasteiger partial charge in [0.15, 0.2) is 11.5 Å². The second-order valence-electron chi connectivity index (χ2n) is 6.49. The van der Waals surface area contributed by atoms with Gasteiger partial charge in [-0.05, 0) is 13.8 Å². The molecule has 3 aliphatic rings. The third kappa shape index (κ3) is 3.27. The van der Waals surface area contributed by atoms with Gasteiger partial charge in [0.2, 0.25) is 0 Å². The Balaban J connectivity index is 1.85. The summed E-state index contributed by atoms with van der Waals surface area (Å²) < 4.78 is 38.2. The Labute approximate surface area is 151 Å². The molecule has 0 bridgehead atoms. The van der Waals surface area contributed by atoms with Crippen LogP contribution in [0.15, 0.2) is 0 Å². The van der Waals surface area contributed by atoms with Crippen molar-refractivity contribution in [3.05, 3.63) is 0 Å². The molecule has 3 fully saturated rings. The molecule has 3 aliphatic heterocycles. The highest BCUT2D eigenvalue weighted by molar-refractivity contribution is 7.54. The van der Waals surface area contributed by atoms with Crippen LogP contribution in [0.4, 0.5) is 0 Å². The Hall–Kier alpha value is 0.530. The van der Waals surface area contributed by atoms with E-state index in [1.807, 2.05) is 0 Å². The van der Waals surface area contributed by atoms with Gasteiger partial charge in [0.05, 0.1) is 13.2 Å². The fraction of sp³-hybridized carbons (Fsp3) is 1.00. The molecule has 0 aromatic carbocycles. The van der Waals surface area contributed by atoms with Crippen LogP contribution in [-0.4, -0.2) is 77.7 Å². The summed E-state index contributed by atoms with van der Waals surface area (Å²) in [7, 11) is -3.47. The summed E-state index contributed by atoms with van der Waals surface area (Å²) in [5.41, 5.74) is -1.30. The number of halogens is 2. The maximum absolute atomic E-state index is 13.3. The molecule has 3 saturated heterocycles. The fourth-order valence-electron chi connectivity index (χ4n) is 3.30. The molecule has 0 saturated carbocycles. The Kier molecular flexibility index (Phi) is 5.57. The first-order valence-corrected chi connectivity index (χ1v) is 10.5. The van der Waals surface area contributed by atoms with Crippen molar-refractivity contribution >= 4 is 30.9 Å². The Morgan fingerprint density at radius 1 is 1.29 bits per heavy atom. The summed E-state index contributed by atoms with van der Waals surface area (Å²) in [6, 6.07) is 0. The molecule has 0 amide bonds. The standard InChI is InChI=1S/C13H23Cl2N2O6P/c1-12(2)20-7-9-10(22-12)11-13(8-18,21-9)16-24(19,23-11)17(5-3-14)6-4-15/h9-11,18H,3-8H2,1-2H3,(H,16,19)/t9-,10+,11+,13-,24+/m0/s1. The normalized spacial score (nSPS) is 43.8. The summed E-state index contributed by atoms with van der Waals surface area (Å²) in [5.74, 6) is -0.266. The fourth-order valence-corrected chi connectivity index (χ4v) is 6.33. The van der Waals surface area contributed by atoms with E-state index in [2.05, 4.69) is 5.09 Å². The molecule has 0 aromatic heterocycles. The van der Waals surface area contributed by atoms with E-state index in [0.29, 0.717) is 19.7 Å². The average Bonchev–Trinajstić information content (AvgIpc) is 2.97. The van der Waals surface area contributed by atoms with E-state index in [0.717, 1.165) is 0 Å². The molecule has 0 aromatic rings. The van der Waals surface area contributed by atoms with Crippen LogP contribution in [0.3, 0.4) is 0 Å². The minimum absolute atomic E-state index is 0.271. The number of nitrogens with one attached hydrogen (secondary N) is 1. The highest BCUT2D eigenvalue weighted by Gasteiger charge is 2.68. The van der Waals surface area contributed by atoms with Crippen LogP contribution in [0.1, 0.15) is 13.8 Å². The van der Waals surface area contributed by atoms with Gasteiger partial charge in [-0.25, -0.2) is 4.67 Å². The monoisotopic (exact) mass is 404 g/mol. The van der Waals surface area contributed by atoms with Gasteiger partial charge in [-0.2, -0.15) is 5.09 Å². The average molecular weight is 405 g/mol. The van der Waals surface area contributed by atoms with Gasteiger partial charge in [0.1, 0.15) is 18.3 Å². The van der Waals surface area contributed by atoms with Crippen molar-refractivity contribution in [2.75, 3.05) is 38.1 Å². The minimum Gasteiger partial charge on any atom is -0.392 e. The van der Waals surface area contributed by atoms with Crippen LogP contribution >= 0.6 is 30.9 Å². The van der Waals surface area contributed by atoms with Crippen LogP contribution < -0.4 is 5.09 Å². The van der Waals surface area contributed by atoms with E-state index < -0.39 is 44.1 Å². The quantitative estimate of drug-likeness (QED) is 0.502. The second-order valence-corrected chi connectivity index (χ2v) is 9.28. The zero-order chi connectivity index (χ0) is 17.6. The predicted octanol–water partition coefficient (Wildman–Crippen LogP) is 1.10. The molecule has 3 rings (SSSR count). The van der Waals surface area contributed by atoms with Crippen LogP contribution in [0.2, 0.25) is 0 Å². The van der Waals surface area contributed by atoms with Crippen molar-refractivity contribution in [1.29, 1.82) is 0 Å². The zero-order valence-corrected chi connectivity index (χ0v) is 16.0. The molecule has 3 heterocycles. The van der Waals surface area contributed by atoms with Gasteiger partial charge in [0, 0.05) is 24.8 Å². The molecule has 0 aliphatic carbocycles. The number of nitrogens with zero attached hydrogens (tertiary/aromatic N) is 1. The summed E-state index contributed by atoms with van der Waals surface area (Å²) in [5, 5.41) is 12.8. The van der Waals surface area contributed by atoms with E-state index in [9.17, 15) is 9.67 Å². The Bertz CT molecular complexity index is 521. The lowest BCUT2D eigenvalue weighted by atomic mass is 10.0. The number of aliphatic hydroxyl groups is 1. The number of hydrogen-bond donors (Lipinski definition) is 2. The zero-order valence-electron chi connectivity index (χ0n) is 13.6. The minimum atomic E-state index is -3.47. The van der Waals surface area contributed by atoms with Crippen molar-refractivity contribution in [3.63, 3.8) is 0 Å². The van der Waals surface area contributed by atoms with Crippen molar-refractivity contribution in [3.8, 4) is 0 Å². The topological polar surface area (TPSA) is 89.5 Å². The van der Waals surface area contributed by atoms with E-state index in [1.54, 1.807) is 18.5 Å². The SMILES string of the molecule is CC1(C)OC[C@@H]2O[C@]3(CO)N[P@](=O)(N(CCCl)CCCl)O[C@@H]3[C@@H]2O1. The largest absolute Gasteiger partial charge is 0.392 e. The van der Waals surface area contributed by atoms with E-state index in [-0.39, 0.29) is 11.8 Å². The molecule has 0 spiro atoms. The molecule has 2 N–H and O–H groups in total. The molecule has 11 heteroatoms.